The number of nitrogens with two attached hydrogens (primary N) is 2. The first-order valence-corrected chi connectivity index (χ1v) is 10.4. The number of nitrogens with one attached hydrogen (secondary N) is 1. The van der Waals surface area contributed by atoms with Crippen molar-refractivity contribution in [2.45, 2.75) is 19.4 Å². The fourth-order valence-corrected chi connectivity index (χ4v) is 3.58. The van der Waals surface area contributed by atoms with Gasteiger partial charge in [-0.25, -0.2) is 0 Å². The molecule has 2 unspecified atom stereocenters. The van der Waals surface area contributed by atoms with E-state index in [2.05, 4.69) is 5.32 Å². The number of hydrogen-bond donors (Lipinski definition) is 3. The van der Waals surface area contributed by atoms with Crippen LogP contribution in [-0.2, 0) is 16.0 Å². The summed E-state index contributed by atoms with van der Waals surface area (Å²) in [6.07, 6.45) is 0.377. The van der Waals surface area contributed by atoms with Crippen LogP contribution in [0.5, 0.6) is 0 Å². The molecule has 6 nitrogen and oxygen atoms in total. The summed E-state index contributed by atoms with van der Waals surface area (Å²) in [6, 6.07) is 24.2. The summed E-state index contributed by atoms with van der Waals surface area (Å²) >= 11 is 0. The number of carbonyl (C=O) groups is 2. The smallest absolute Gasteiger partial charge is 0.311 e. The Balaban J connectivity index is 1.72. The Kier molecular flexibility index (Phi) is 7.39. The second kappa shape index (κ2) is 10.4. The number of carbonyl (C=O) groups excluding carboxylic acids is 2. The molecule has 1 amide bonds. The van der Waals surface area contributed by atoms with Crippen LogP contribution in [0.25, 0.3) is 11.1 Å². The van der Waals surface area contributed by atoms with Crippen LogP contribution in [-0.4, -0.2) is 30.9 Å². The largest absolute Gasteiger partial charge is 0.469 e. The summed E-state index contributed by atoms with van der Waals surface area (Å²) in [5.41, 5.74) is 9.88. The van der Waals surface area contributed by atoms with Gasteiger partial charge in [0.25, 0.3) is 11.7 Å². The number of rotatable bonds is 8. The van der Waals surface area contributed by atoms with Crippen molar-refractivity contribution in [3.8, 4) is 11.1 Å². The maximum absolute atomic E-state index is 12.8. The molecule has 0 aliphatic heterocycles. The Morgan fingerprint density at radius 3 is 2.22 bits per heavy atom. The molecule has 3 rings (SSSR count). The normalized spacial score (nSPS) is 12.4. The molecule has 5 N–H and O–H groups in total. The van der Waals surface area contributed by atoms with Crippen molar-refractivity contribution in [3.63, 3.8) is 0 Å². The number of hydrogen-bond acceptors (Lipinski definition) is 3. The van der Waals surface area contributed by atoms with E-state index in [-0.39, 0.29) is 11.7 Å². The monoisotopic (exact) mass is 430 g/mol. The summed E-state index contributed by atoms with van der Waals surface area (Å²) in [4.78, 5) is 25.3. The highest BCUT2D eigenvalue weighted by Crippen LogP contribution is 2.20. The molecule has 0 fully saturated rings. The molecule has 2 atom stereocenters. The molecular formula is C26H28N3O3+. The molecule has 6 heteroatoms. The SMILES string of the molecule is COC(=O)C(Cc1cccc(C(N)=[NH2+])c1)C(C)NC(=O)c1ccc(-c2ccccc2)cc1. The lowest BCUT2D eigenvalue weighted by Crippen LogP contribution is -2.46. The van der Waals surface area contributed by atoms with Crippen molar-refractivity contribution >= 4 is 17.7 Å². The van der Waals surface area contributed by atoms with Crippen molar-refractivity contribution in [2.24, 2.45) is 11.7 Å². The van der Waals surface area contributed by atoms with Crippen molar-refractivity contribution in [1.29, 1.82) is 0 Å². The zero-order chi connectivity index (χ0) is 23.1. The van der Waals surface area contributed by atoms with Crippen LogP contribution in [0.1, 0.15) is 28.4 Å². The van der Waals surface area contributed by atoms with E-state index < -0.39 is 17.9 Å². The zero-order valence-corrected chi connectivity index (χ0v) is 18.2. The molecule has 0 heterocycles. The van der Waals surface area contributed by atoms with Crippen molar-refractivity contribution in [2.75, 3.05) is 7.11 Å². The quantitative estimate of drug-likeness (QED) is 0.288. The Morgan fingerprint density at radius 2 is 1.59 bits per heavy atom. The summed E-state index contributed by atoms with van der Waals surface area (Å²) in [7, 11) is 1.34. The van der Waals surface area contributed by atoms with E-state index in [1.807, 2.05) is 60.7 Å². The highest BCUT2D eigenvalue weighted by atomic mass is 16.5. The lowest BCUT2D eigenvalue weighted by molar-refractivity contribution is -0.146. The Hall–Kier alpha value is -3.93. The van der Waals surface area contributed by atoms with Crippen molar-refractivity contribution in [3.05, 3.63) is 95.6 Å². The molecule has 0 aromatic heterocycles. The van der Waals surface area contributed by atoms with Crippen LogP contribution >= 0.6 is 0 Å². The number of benzene rings is 3. The van der Waals surface area contributed by atoms with E-state index in [0.717, 1.165) is 16.7 Å². The predicted octanol–water partition coefficient (Wildman–Crippen LogP) is 1.97. The highest BCUT2D eigenvalue weighted by Gasteiger charge is 2.28. The van der Waals surface area contributed by atoms with Gasteiger partial charge in [-0.1, -0.05) is 54.6 Å². The van der Waals surface area contributed by atoms with Crippen LogP contribution in [0.15, 0.2) is 78.9 Å². The van der Waals surface area contributed by atoms with Crippen LogP contribution in [0.3, 0.4) is 0 Å². The number of esters is 1. The Morgan fingerprint density at radius 1 is 0.938 bits per heavy atom. The zero-order valence-electron chi connectivity index (χ0n) is 18.2. The third-order valence-corrected chi connectivity index (χ3v) is 5.44. The molecule has 164 valence electrons. The number of amides is 1. The van der Waals surface area contributed by atoms with Gasteiger partial charge in [-0.2, -0.15) is 0 Å². The Labute approximate surface area is 187 Å². The topological polar surface area (TPSA) is 107 Å². The molecule has 32 heavy (non-hydrogen) atoms. The average molecular weight is 431 g/mol. The predicted molar refractivity (Wildman–Crippen MR) is 125 cm³/mol. The molecule has 3 aromatic rings. The molecule has 0 bridgehead atoms. The van der Waals surface area contributed by atoms with E-state index in [0.29, 0.717) is 17.5 Å². The number of methoxy groups -OCH3 is 1. The van der Waals surface area contributed by atoms with Crippen LogP contribution in [0.2, 0.25) is 0 Å². The summed E-state index contributed by atoms with van der Waals surface area (Å²) in [5, 5.41) is 8.62. The summed E-state index contributed by atoms with van der Waals surface area (Å²) < 4.78 is 4.99. The third-order valence-electron chi connectivity index (χ3n) is 5.44. The molecule has 0 radical (unpaired) electrons. The average Bonchev–Trinajstić information content (AvgIpc) is 2.82. The lowest BCUT2D eigenvalue weighted by Gasteiger charge is -2.23. The molecular weight excluding hydrogens is 402 g/mol. The highest BCUT2D eigenvalue weighted by molar-refractivity contribution is 5.95. The van der Waals surface area contributed by atoms with Gasteiger partial charge in [0.2, 0.25) is 0 Å². The maximum atomic E-state index is 12.8. The molecule has 0 saturated carbocycles. The van der Waals surface area contributed by atoms with E-state index in [1.165, 1.54) is 7.11 Å². The van der Waals surface area contributed by atoms with Gasteiger partial charge < -0.3 is 10.1 Å². The van der Waals surface area contributed by atoms with E-state index in [9.17, 15) is 9.59 Å². The summed E-state index contributed by atoms with van der Waals surface area (Å²) in [5.74, 6) is -1.00. The fraction of sp³-hybridized carbons (Fsp3) is 0.192. The van der Waals surface area contributed by atoms with Crippen LogP contribution in [0, 0.1) is 5.92 Å². The van der Waals surface area contributed by atoms with Gasteiger partial charge >= 0.3 is 5.97 Å². The van der Waals surface area contributed by atoms with Gasteiger partial charge in [0.15, 0.2) is 0 Å². The van der Waals surface area contributed by atoms with Gasteiger partial charge in [-0.15, -0.1) is 0 Å². The van der Waals surface area contributed by atoms with Gasteiger partial charge in [-0.05, 0) is 54.3 Å². The fourth-order valence-electron chi connectivity index (χ4n) is 3.58. The molecule has 3 aromatic carbocycles. The minimum absolute atomic E-state index is 0.210. The molecule has 0 aliphatic carbocycles. The minimum Gasteiger partial charge on any atom is -0.469 e. The van der Waals surface area contributed by atoms with Gasteiger partial charge in [0.1, 0.15) is 0 Å². The first-order valence-electron chi connectivity index (χ1n) is 10.4. The van der Waals surface area contributed by atoms with E-state index >= 15 is 0 Å². The number of ether oxygens (including phenoxy) is 1. The Bertz CT molecular complexity index is 1090. The number of amidine groups is 1. The second-order valence-corrected chi connectivity index (χ2v) is 7.70. The van der Waals surface area contributed by atoms with Crippen LogP contribution < -0.4 is 16.5 Å². The van der Waals surface area contributed by atoms with Crippen molar-refractivity contribution in [1.82, 2.24) is 5.32 Å². The molecule has 0 saturated heterocycles. The molecule has 0 aliphatic rings. The van der Waals surface area contributed by atoms with Crippen LogP contribution in [0.4, 0.5) is 0 Å². The third kappa shape index (κ3) is 5.60. The van der Waals surface area contributed by atoms with E-state index in [4.69, 9.17) is 15.9 Å². The van der Waals surface area contributed by atoms with Gasteiger partial charge in [0.05, 0.1) is 18.6 Å². The second-order valence-electron chi connectivity index (χ2n) is 7.70. The first kappa shape index (κ1) is 22.7. The van der Waals surface area contributed by atoms with E-state index in [1.54, 1.807) is 25.1 Å². The first-order chi connectivity index (χ1) is 15.4. The summed E-state index contributed by atoms with van der Waals surface area (Å²) in [6.45, 7) is 1.80. The standard InChI is InChI=1S/C26H27N3O3/c1-17(23(26(31)32-2)16-18-7-6-10-22(15-18)24(27)28)29-25(30)21-13-11-20(12-14-21)19-8-4-3-5-9-19/h3-15,17,23H,16H2,1-2H3,(H3,27,28)(H,29,30)/p+1. The minimum atomic E-state index is -0.568. The molecule has 0 spiro atoms. The van der Waals surface area contributed by atoms with Gasteiger partial charge in [-0.3, -0.25) is 20.7 Å². The van der Waals surface area contributed by atoms with Crippen molar-refractivity contribution < 1.29 is 19.7 Å². The maximum Gasteiger partial charge on any atom is 0.311 e. The van der Waals surface area contributed by atoms with Gasteiger partial charge in [0, 0.05) is 11.6 Å². The lowest BCUT2D eigenvalue weighted by atomic mass is 9.92.